The highest BCUT2D eigenvalue weighted by molar-refractivity contribution is 6.03. The van der Waals surface area contributed by atoms with Crippen molar-refractivity contribution in [1.29, 1.82) is 0 Å². The molecule has 1 fully saturated rings. The predicted molar refractivity (Wildman–Crippen MR) is 94.2 cm³/mol. The second-order valence-corrected chi connectivity index (χ2v) is 6.85. The Labute approximate surface area is 150 Å². The molecule has 0 bridgehead atoms. The minimum Gasteiger partial charge on any atom is -0.320 e. The summed E-state index contributed by atoms with van der Waals surface area (Å²) in [5.41, 5.74) is 7.41. The van der Waals surface area contributed by atoms with Crippen LogP contribution in [0.15, 0.2) is 53.6 Å². The Morgan fingerprint density at radius 1 is 1.15 bits per heavy atom. The van der Waals surface area contributed by atoms with E-state index in [0.717, 1.165) is 36.6 Å². The number of amides is 1. The van der Waals surface area contributed by atoms with Crippen molar-refractivity contribution in [2.75, 3.05) is 0 Å². The fraction of sp³-hybridized carbons (Fsp3) is 0.300. The van der Waals surface area contributed by atoms with Crippen LogP contribution in [-0.2, 0) is 4.79 Å². The molecule has 6 heteroatoms. The molecule has 1 amide bonds. The molecule has 0 radical (unpaired) electrons. The summed E-state index contributed by atoms with van der Waals surface area (Å²) in [4.78, 5) is 12.9. The van der Waals surface area contributed by atoms with E-state index in [9.17, 15) is 13.6 Å². The van der Waals surface area contributed by atoms with Crippen molar-refractivity contribution < 1.29 is 13.6 Å². The number of hydrogen-bond donors (Lipinski definition) is 1. The molecule has 2 aliphatic rings. The average molecular weight is 355 g/mol. The Bertz CT molecular complexity index is 865. The lowest BCUT2D eigenvalue weighted by molar-refractivity contribution is -0.134. The molecule has 1 saturated carbocycles. The van der Waals surface area contributed by atoms with E-state index < -0.39 is 17.7 Å². The number of nitrogens with zero attached hydrogens (tertiary/aromatic N) is 2. The normalized spacial score (nSPS) is 20.8. The maximum absolute atomic E-state index is 14.2. The standard InChI is InChI=1S/C20H19F2N3O/c21-14-8-9-16(22)15(10-14)17-11-18(12-4-2-1-3-5-12)25(24-17)20(26)19(23)13-6-7-13/h1-5,8-10,13,18-19H,6-7,11,23H2. The Morgan fingerprint density at radius 3 is 2.58 bits per heavy atom. The van der Waals surface area contributed by atoms with Gasteiger partial charge in [0.1, 0.15) is 11.6 Å². The zero-order chi connectivity index (χ0) is 18.3. The van der Waals surface area contributed by atoms with Crippen LogP contribution in [0, 0.1) is 17.6 Å². The Morgan fingerprint density at radius 2 is 1.88 bits per heavy atom. The summed E-state index contributed by atoms with van der Waals surface area (Å²) >= 11 is 0. The zero-order valence-electron chi connectivity index (χ0n) is 14.1. The van der Waals surface area contributed by atoms with Gasteiger partial charge in [-0.2, -0.15) is 5.10 Å². The molecule has 2 unspecified atom stereocenters. The van der Waals surface area contributed by atoms with Crippen LogP contribution in [0.3, 0.4) is 0 Å². The van der Waals surface area contributed by atoms with E-state index in [1.165, 1.54) is 5.01 Å². The molecule has 2 atom stereocenters. The van der Waals surface area contributed by atoms with Crippen molar-refractivity contribution in [3.63, 3.8) is 0 Å². The fourth-order valence-corrected chi connectivity index (χ4v) is 3.34. The van der Waals surface area contributed by atoms with Crippen molar-refractivity contribution >= 4 is 11.6 Å². The number of carbonyl (C=O) groups is 1. The van der Waals surface area contributed by atoms with Crippen LogP contribution < -0.4 is 5.73 Å². The summed E-state index contributed by atoms with van der Waals surface area (Å²) < 4.78 is 27.8. The van der Waals surface area contributed by atoms with Crippen LogP contribution in [0.4, 0.5) is 8.78 Å². The highest BCUT2D eigenvalue weighted by atomic mass is 19.1. The quantitative estimate of drug-likeness (QED) is 0.914. The number of halogens is 2. The molecular formula is C20H19F2N3O. The minimum absolute atomic E-state index is 0.0845. The van der Waals surface area contributed by atoms with E-state index in [1.54, 1.807) is 0 Å². The second-order valence-electron chi connectivity index (χ2n) is 6.85. The van der Waals surface area contributed by atoms with Gasteiger partial charge in [0.15, 0.2) is 0 Å². The molecule has 0 saturated heterocycles. The summed E-state index contributed by atoms with van der Waals surface area (Å²) in [5, 5.41) is 5.72. The third-order valence-electron chi connectivity index (χ3n) is 4.97. The highest BCUT2D eigenvalue weighted by Gasteiger charge is 2.41. The van der Waals surface area contributed by atoms with E-state index in [2.05, 4.69) is 5.10 Å². The van der Waals surface area contributed by atoms with Gasteiger partial charge >= 0.3 is 0 Å². The topological polar surface area (TPSA) is 58.7 Å². The van der Waals surface area contributed by atoms with Crippen molar-refractivity contribution in [2.45, 2.75) is 31.3 Å². The van der Waals surface area contributed by atoms with E-state index in [4.69, 9.17) is 5.73 Å². The van der Waals surface area contributed by atoms with Crippen LogP contribution in [-0.4, -0.2) is 22.7 Å². The van der Waals surface area contributed by atoms with Gasteiger partial charge in [0.05, 0.1) is 17.8 Å². The van der Waals surface area contributed by atoms with E-state index in [-0.39, 0.29) is 23.4 Å². The minimum atomic E-state index is -0.610. The van der Waals surface area contributed by atoms with E-state index in [0.29, 0.717) is 12.1 Å². The van der Waals surface area contributed by atoms with E-state index in [1.807, 2.05) is 30.3 Å². The van der Waals surface area contributed by atoms with Gasteiger partial charge in [-0.25, -0.2) is 13.8 Å². The summed E-state index contributed by atoms with van der Waals surface area (Å²) in [6.07, 6.45) is 2.19. The second kappa shape index (κ2) is 6.61. The maximum Gasteiger partial charge on any atom is 0.260 e. The molecule has 4 nitrogen and oxygen atoms in total. The van der Waals surface area contributed by atoms with Crippen LogP contribution in [0.2, 0.25) is 0 Å². The summed E-state index contributed by atoms with van der Waals surface area (Å²) in [5.74, 6) is -1.19. The molecule has 1 aliphatic heterocycles. The molecule has 4 rings (SSSR count). The highest BCUT2D eigenvalue weighted by Crippen LogP contribution is 2.37. The van der Waals surface area contributed by atoms with Crippen molar-refractivity contribution in [3.8, 4) is 0 Å². The van der Waals surface area contributed by atoms with Crippen LogP contribution >= 0.6 is 0 Å². The molecular weight excluding hydrogens is 336 g/mol. The van der Waals surface area contributed by atoms with Gasteiger partial charge in [-0.05, 0) is 42.5 Å². The van der Waals surface area contributed by atoms with Crippen LogP contribution in [0.1, 0.15) is 36.4 Å². The number of benzene rings is 2. The van der Waals surface area contributed by atoms with Gasteiger partial charge < -0.3 is 5.73 Å². The zero-order valence-corrected chi connectivity index (χ0v) is 14.1. The first-order valence-electron chi connectivity index (χ1n) is 8.71. The first-order chi connectivity index (χ1) is 12.5. The van der Waals surface area contributed by atoms with Crippen molar-refractivity contribution in [1.82, 2.24) is 5.01 Å². The van der Waals surface area contributed by atoms with Crippen LogP contribution in [0.5, 0.6) is 0 Å². The van der Waals surface area contributed by atoms with Gasteiger partial charge in [-0.1, -0.05) is 30.3 Å². The summed E-state index contributed by atoms with van der Waals surface area (Å²) in [6.45, 7) is 0. The summed E-state index contributed by atoms with van der Waals surface area (Å²) in [6, 6.07) is 11.7. The fourth-order valence-electron chi connectivity index (χ4n) is 3.34. The molecule has 2 aromatic rings. The van der Waals surface area contributed by atoms with Crippen LogP contribution in [0.25, 0.3) is 0 Å². The first kappa shape index (κ1) is 16.8. The lowest BCUT2D eigenvalue weighted by atomic mass is 9.97. The molecule has 1 heterocycles. The molecule has 2 N–H and O–H groups in total. The summed E-state index contributed by atoms with van der Waals surface area (Å²) in [7, 11) is 0. The van der Waals surface area contributed by atoms with Gasteiger partial charge in [0.25, 0.3) is 5.91 Å². The number of rotatable bonds is 4. The Kier molecular flexibility index (Phi) is 4.28. The molecule has 0 spiro atoms. The average Bonchev–Trinajstić information content (AvgIpc) is 3.41. The van der Waals surface area contributed by atoms with Crippen molar-refractivity contribution in [2.24, 2.45) is 16.8 Å². The lowest BCUT2D eigenvalue weighted by Crippen LogP contribution is -2.42. The van der Waals surface area contributed by atoms with Gasteiger partial charge in [0, 0.05) is 12.0 Å². The van der Waals surface area contributed by atoms with Gasteiger partial charge in [0.2, 0.25) is 0 Å². The van der Waals surface area contributed by atoms with E-state index >= 15 is 0 Å². The monoisotopic (exact) mass is 355 g/mol. The number of carbonyl (C=O) groups excluding carboxylic acids is 1. The number of hydrogen-bond acceptors (Lipinski definition) is 3. The molecule has 2 aromatic carbocycles. The Hall–Kier alpha value is -2.60. The third-order valence-corrected chi connectivity index (χ3v) is 4.97. The first-order valence-corrected chi connectivity index (χ1v) is 8.71. The van der Waals surface area contributed by atoms with Crippen molar-refractivity contribution in [3.05, 3.63) is 71.3 Å². The Balaban J connectivity index is 1.71. The molecule has 134 valence electrons. The number of nitrogens with two attached hydrogens (primary N) is 1. The predicted octanol–water partition coefficient (Wildman–Crippen LogP) is 3.38. The molecule has 26 heavy (non-hydrogen) atoms. The molecule has 1 aliphatic carbocycles. The van der Waals surface area contributed by atoms with Gasteiger partial charge in [-0.15, -0.1) is 0 Å². The third kappa shape index (κ3) is 3.12. The maximum atomic E-state index is 14.2. The smallest absolute Gasteiger partial charge is 0.260 e. The lowest BCUT2D eigenvalue weighted by Gasteiger charge is -2.24. The largest absolute Gasteiger partial charge is 0.320 e. The SMILES string of the molecule is NC(C(=O)N1N=C(c2cc(F)ccc2F)CC1c1ccccc1)C1CC1. The van der Waals surface area contributed by atoms with Gasteiger partial charge in [-0.3, -0.25) is 4.79 Å². The molecule has 0 aromatic heterocycles. The number of hydrazone groups is 1.